The van der Waals surface area contributed by atoms with E-state index in [1.165, 1.54) is 11.8 Å². The number of H-pyrrole nitrogens is 1. The monoisotopic (exact) mass is 359 g/mol. The molecule has 2 aromatic rings. The standard InChI is InChI=1S/C18H21N3O3S/c1-24-13-8-6-11(7-9-13)16-15-17(19-14(22)10-25-16)21(20-18(15)23)12-4-2-3-5-12/h6-9,12,16H,2-5,10H2,1H3,(H,19,22)(H,20,23)/t16-/m1/s1. The van der Waals surface area contributed by atoms with E-state index in [0.717, 1.165) is 37.0 Å². The number of ether oxygens (including phenoxy) is 1. The number of fused-ring (bicyclic) bond motifs is 1. The molecule has 6 nitrogen and oxygen atoms in total. The Morgan fingerprint density at radius 2 is 1.88 bits per heavy atom. The van der Waals surface area contributed by atoms with Gasteiger partial charge in [-0.1, -0.05) is 25.0 Å². The first-order valence-corrected chi connectivity index (χ1v) is 9.62. The van der Waals surface area contributed by atoms with Crippen molar-refractivity contribution >= 4 is 23.5 Å². The fourth-order valence-corrected chi connectivity index (χ4v) is 4.85. The highest BCUT2D eigenvalue weighted by Gasteiger charge is 2.32. The number of aromatic amines is 1. The van der Waals surface area contributed by atoms with Gasteiger partial charge in [-0.2, -0.15) is 0 Å². The lowest BCUT2D eigenvalue weighted by molar-refractivity contribution is -0.113. The third kappa shape index (κ3) is 2.97. The van der Waals surface area contributed by atoms with Gasteiger partial charge in [-0.25, -0.2) is 0 Å². The minimum absolute atomic E-state index is 0.0620. The first-order valence-electron chi connectivity index (χ1n) is 8.57. The zero-order chi connectivity index (χ0) is 17.4. The lowest BCUT2D eigenvalue weighted by atomic mass is 10.1. The Morgan fingerprint density at radius 3 is 2.56 bits per heavy atom. The van der Waals surface area contributed by atoms with Crippen molar-refractivity contribution in [1.29, 1.82) is 0 Å². The summed E-state index contributed by atoms with van der Waals surface area (Å²) in [5.41, 5.74) is 1.53. The third-order valence-corrected chi connectivity index (χ3v) is 6.24. The lowest BCUT2D eigenvalue weighted by Crippen LogP contribution is -2.18. The number of aromatic nitrogens is 2. The van der Waals surface area contributed by atoms with E-state index in [0.29, 0.717) is 17.1 Å². The highest BCUT2D eigenvalue weighted by molar-refractivity contribution is 8.00. The number of carbonyl (C=O) groups is 1. The second-order valence-corrected chi connectivity index (χ2v) is 7.62. The molecule has 1 atom stereocenters. The quantitative estimate of drug-likeness (QED) is 0.883. The average molecular weight is 359 g/mol. The van der Waals surface area contributed by atoms with E-state index in [9.17, 15) is 9.59 Å². The van der Waals surface area contributed by atoms with Gasteiger partial charge in [-0.3, -0.25) is 19.4 Å². The number of thioether (sulfide) groups is 1. The van der Waals surface area contributed by atoms with Crippen LogP contribution in [0, 0.1) is 0 Å². The van der Waals surface area contributed by atoms with Crippen LogP contribution in [-0.4, -0.2) is 28.6 Å². The number of nitrogens with zero attached hydrogens (tertiary/aromatic N) is 1. The smallest absolute Gasteiger partial charge is 0.270 e. The summed E-state index contributed by atoms with van der Waals surface area (Å²) in [6.07, 6.45) is 4.38. The minimum Gasteiger partial charge on any atom is -0.497 e. The molecule has 7 heteroatoms. The second kappa shape index (κ2) is 6.63. The molecule has 2 N–H and O–H groups in total. The topological polar surface area (TPSA) is 76.1 Å². The molecule has 0 bridgehead atoms. The molecule has 2 heterocycles. The second-order valence-electron chi connectivity index (χ2n) is 6.52. The molecule has 1 aromatic carbocycles. The fourth-order valence-electron chi connectivity index (χ4n) is 3.72. The van der Waals surface area contributed by atoms with Crippen LogP contribution >= 0.6 is 11.8 Å². The van der Waals surface area contributed by atoms with Crippen LogP contribution < -0.4 is 15.6 Å². The molecule has 1 fully saturated rings. The van der Waals surface area contributed by atoms with Gasteiger partial charge < -0.3 is 10.1 Å². The van der Waals surface area contributed by atoms with Crippen molar-refractivity contribution in [3.05, 3.63) is 45.7 Å². The summed E-state index contributed by atoms with van der Waals surface area (Å²) in [6.45, 7) is 0. The molecule has 0 saturated heterocycles. The van der Waals surface area contributed by atoms with Gasteiger partial charge in [0, 0.05) is 0 Å². The number of nitrogens with one attached hydrogen (secondary N) is 2. The Bertz CT molecular complexity index is 834. The van der Waals surface area contributed by atoms with Gasteiger partial charge in [0.2, 0.25) is 5.91 Å². The van der Waals surface area contributed by atoms with Crippen molar-refractivity contribution in [2.75, 3.05) is 18.2 Å². The van der Waals surface area contributed by atoms with E-state index >= 15 is 0 Å². The van der Waals surface area contributed by atoms with E-state index in [1.807, 2.05) is 28.9 Å². The SMILES string of the molecule is COc1ccc([C@H]2SCC(=O)Nc3c2c(=O)[nH]n3C2CCCC2)cc1. The number of carbonyl (C=O) groups excluding carboxylic acids is 1. The minimum atomic E-state index is -0.175. The Kier molecular flexibility index (Phi) is 4.33. The van der Waals surface area contributed by atoms with E-state index in [4.69, 9.17) is 4.74 Å². The first kappa shape index (κ1) is 16.3. The summed E-state index contributed by atoms with van der Waals surface area (Å²) in [7, 11) is 1.63. The van der Waals surface area contributed by atoms with Gasteiger partial charge in [0.25, 0.3) is 5.56 Å². The van der Waals surface area contributed by atoms with Crippen LogP contribution in [-0.2, 0) is 4.79 Å². The highest BCUT2D eigenvalue weighted by Crippen LogP contribution is 2.42. The van der Waals surface area contributed by atoms with Crippen molar-refractivity contribution in [2.45, 2.75) is 37.0 Å². The Labute approximate surface area is 149 Å². The van der Waals surface area contributed by atoms with Crippen LogP contribution in [0.5, 0.6) is 5.75 Å². The number of hydrogen-bond donors (Lipinski definition) is 2. The van der Waals surface area contributed by atoms with Gasteiger partial charge in [0.05, 0.1) is 29.7 Å². The number of anilines is 1. The fraction of sp³-hybridized carbons (Fsp3) is 0.444. The lowest BCUT2D eigenvalue weighted by Gasteiger charge is -2.17. The molecule has 25 heavy (non-hydrogen) atoms. The van der Waals surface area contributed by atoms with Crippen molar-refractivity contribution in [3.63, 3.8) is 0 Å². The maximum absolute atomic E-state index is 12.7. The van der Waals surface area contributed by atoms with Crippen molar-refractivity contribution in [1.82, 2.24) is 9.78 Å². The van der Waals surface area contributed by atoms with Crippen LogP contribution in [0.15, 0.2) is 29.1 Å². The molecule has 1 aliphatic heterocycles. The van der Waals surface area contributed by atoms with Crippen LogP contribution in [0.2, 0.25) is 0 Å². The third-order valence-electron chi connectivity index (χ3n) is 4.97. The van der Waals surface area contributed by atoms with Crippen LogP contribution in [0.1, 0.15) is 48.1 Å². The molecule has 4 rings (SSSR count). The summed E-state index contributed by atoms with van der Waals surface area (Å²) in [4.78, 5) is 25.0. The zero-order valence-electron chi connectivity index (χ0n) is 14.1. The molecular formula is C18H21N3O3S. The number of amides is 1. The number of benzene rings is 1. The maximum atomic E-state index is 12.7. The number of methoxy groups -OCH3 is 1. The van der Waals surface area contributed by atoms with Gasteiger partial charge in [-0.05, 0) is 30.5 Å². The Morgan fingerprint density at radius 1 is 1.16 bits per heavy atom. The van der Waals surface area contributed by atoms with Gasteiger partial charge in [0.15, 0.2) is 0 Å². The normalized spacial score (nSPS) is 20.8. The predicted octanol–water partition coefficient (Wildman–Crippen LogP) is 3.07. The van der Waals surface area contributed by atoms with Crippen LogP contribution in [0.4, 0.5) is 5.82 Å². The van der Waals surface area contributed by atoms with E-state index in [-0.39, 0.29) is 22.8 Å². The summed E-state index contributed by atoms with van der Waals surface area (Å²) in [5.74, 6) is 1.69. The van der Waals surface area contributed by atoms with Crippen molar-refractivity contribution in [3.8, 4) is 5.75 Å². The van der Waals surface area contributed by atoms with Gasteiger partial charge in [0.1, 0.15) is 11.6 Å². The number of hydrogen-bond acceptors (Lipinski definition) is 4. The summed E-state index contributed by atoms with van der Waals surface area (Å²) >= 11 is 1.49. The summed E-state index contributed by atoms with van der Waals surface area (Å²) < 4.78 is 7.11. The first-order chi connectivity index (χ1) is 12.2. The predicted molar refractivity (Wildman–Crippen MR) is 98.5 cm³/mol. The average Bonchev–Trinajstić information content (AvgIpc) is 3.21. The molecule has 132 valence electrons. The molecule has 1 aliphatic carbocycles. The molecule has 1 amide bonds. The van der Waals surface area contributed by atoms with Crippen molar-refractivity contribution < 1.29 is 9.53 Å². The van der Waals surface area contributed by atoms with Gasteiger partial charge >= 0.3 is 0 Å². The van der Waals surface area contributed by atoms with E-state index < -0.39 is 0 Å². The molecular weight excluding hydrogens is 338 g/mol. The summed E-state index contributed by atoms with van der Waals surface area (Å²) in [6, 6.07) is 7.96. The zero-order valence-corrected chi connectivity index (χ0v) is 14.9. The van der Waals surface area contributed by atoms with Crippen molar-refractivity contribution in [2.24, 2.45) is 0 Å². The number of rotatable bonds is 3. The molecule has 0 spiro atoms. The molecule has 1 saturated carbocycles. The van der Waals surface area contributed by atoms with Crippen LogP contribution in [0.3, 0.4) is 0 Å². The molecule has 1 aromatic heterocycles. The maximum Gasteiger partial charge on any atom is 0.270 e. The molecule has 0 unspecified atom stereocenters. The van der Waals surface area contributed by atoms with E-state index in [2.05, 4.69) is 10.4 Å². The Hall–Kier alpha value is -2.15. The molecule has 2 aliphatic rings. The van der Waals surface area contributed by atoms with E-state index in [1.54, 1.807) is 7.11 Å². The van der Waals surface area contributed by atoms with Crippen LogP contribution in [0.25, 0.3) is 0 Å². The largest absolute Gasteiger partial charge is 0.497 e. The Balaban J connectivity index is 1.80. The molecule has 0 radical (unpaired) electrons. The highest BCUT2D eigenvalue weighted by atomic mass is 32.2. The summed E-state index contributed by atoms with van der Waals surface area (Å²) in [5, 5.41) is 5.76. The van der Waals surface area contributed by atoms with Gasteiger partial charge in [-0.15, -0.1) is 11.8 Å².